The van der Waals surface area contributed by atoms with Crippen molar-refractivity contribution in [3.8, 4) is 0 Å². The number of hydrogen-bond donors (Lipinski definition) is 0. The number of amides is 1. The van der Waals surface area contributed by atoms with E-state index in [0.717, 1.165) is 12.0 Å². The monoisotopic (exact) mass is 355 g/mol. The summed E-state index contributed by atoms with van der Waals surface area (Å²) in [5, 5.41) is 0. The molecular formula is C20H21NO5. The maximum Gasteiger partial charge on any atom is 0.342 e. The van der Waals surface area contributed by atoms with Crippen LogP contribution in [0.3, 0.4) is 0 Å². The summed E-state index contributed by atoms with van der Waals surface area (Å²) in [7, 11) is 0. The summed E-state index contributed by atoms with van der Waals surface area (Å²) in [5.74, 6) is -0.714. The van der Waals surface area contributed by atoms with Crippen LogP contribution in [-0.4, -0.2) is 29.4 Å². The van der Waals surface area contributed by atoms with Crippen LogP contribution in [0.2, 0.25) is 0 Å². The first-order valence-electron chi connectivity index (χ1n) is 8.54. The van der Waals surface area contributed by atoms with E-state index in [4.69, 9.17) is 9.15 Å². The van der Waals surface area contributed by atoms with E-state index in [1.54, 1.807) is 18.7 Å². The van der Waals surface area contributed by atoms with Crippen molar-refractivity contribution in [2.75, 3.05) is 6.54 Å². The van der Waals surface area contributed by atoms with Crippen LogP contribution in [0.4, 0.5) is 0 Å². The number of esters is 1. The minimum atomic E-state index is -0.918. The van der Waals surface area contributed by atoms with E-state index in [2.05, 4.69) is 6.07 Å². The Labute approximate surface area is 151 Å². The van der Waals surface area contributed by atoms with E-state index in [0.29, 0.717) is 18.7 Å². The summed E-state index contributed by atoms with van der Waals surface area (Å²) < 4.78 is 10.3. The van der Waals surface area contributed by atoms with Crippen LogP contribution in [0.1, 0.15) is 39.7 Å². The molecule has 0 saturated carbocycles. The minimum absolute atomic E-state index is 0.187. The van der Waals surface area contributed by atoms with E-state index < -0.39 is 17.7 Å². The van der Waals surface area contributed by atoms with Gasteiger partial charge in [0.15, 0.2) is 6.10 Å². The molecule has 0 aliphatic carbocycles. The van der Waals surface area contributed by atoms with E-state index in [9.17, 15) is 14.4 Å². The van der Waals surface area contributed by atoms with Crippen LogP contribution in [0.25, 0.3) is 0 Å². The molecule has 1 aromatic heterocycles. The minimum Gasteiger partial charge on any atom is -0.449 e. The third-order valence-corrected chi connectivity index (χ3v) is 4.61. The number of rotatable bonds is 3. The van der Waals surface area contributed by atoms with Crippen molar-refractivity contribution in [2.24, 2.45) is 0 Å². The molecule has 1 amide bonds. The lowest BCUT2D eigenvalue weighted by molar-refractivity contribution is -0.140. The fourth-order valence-electron chi connectivity index (χ4n) is 3.27. The molecular weight excluding hydrogens is 334 g/mol. The second-order valence-electron chi connectivity index (χ2n) is 6.51. The van der Waals surface area contributed by atoms with E-state index in [-0.39, 0.29) is 17.2 Å². The molecule has 0 radical (unpaired) electrons. The van der Waals surface area contributed by atoms with Crippen molar-refractivity contribution >= 4 is 11.9 Å². The molecule has 1 atom stereocenters. The Morgan fingerprint density at radius 1 is 1.19 bits per heavy atom. The fraction of sp³-hybridized carbons (Fsp3) is 0.350. The number of aryl methyl sites for hydroxylation is 2. The smallest absolute Gasteiger partial charge is 0.342 e. The van der Waals surface area contributed by atoms with Crippen LogP contribution < -0.4 is 5.63 Å². The lowest BCUT2D eigenvalue weighted by atomic mass is 9.99. The molecule has 136 valence electrons. The van der Waals surface area contributed by atoms with Crippen LogP contribution in [0, 0.1) is 13.8 Å². The van der Waals surface area contributed by atoms with Gasteiger partial charge < -0.3 is 14.1 Å². The second-order valence-corrected chi connectivity index (χ2v) is 6.51. The molecule has 1 aliphatic rings. The zero-order chi connectivity index (χ0) is 18.8. The Bertz CT molecular complexity index is 888. The lowest BCUT2D eigenvalue weighted by Crippen LogP contribution is -2.42. The van der Waals surface area contributed by atoms with Gasteiger partial charge in [-0.15, -0.1) is 0 Å². The van der Waals surface area contributed by atoms with E-state index in [1.807, 2.05) is 18.2 Å². The quantitative estimate of drug-likeness (QED) is 0.790. The van der Waals surface area contributed by atoms with Crippen molar-refractivity contribution in [3.05, 3.63) is 68.8 Å². The number of carbonyl (C=O) groups is 2. The topological polar surface area (TPSA) is 76.8 Å². The lowest BCUT2D eigenvalue weighted by Gasteiger charge is -2.30. The van der Waals surface area contributed by atoms with Gasteiger partial charge in [-0.05, 0) is 43.9 Å². The zero-order valence-electron chi connectivity index (χ0n) is 15.1. The van der Waals surface area contributed by atoms with Crippen molar-refractivity contribution in [2.45, 2.75) is 39.8 Å². The highest BCUT2D eigenvalue weighted by atomic mass is 16.5. The molecule has 1 aliphatic heterocycles. The van der Waals surface area contributed by atoms with E-state index >= 15 is 0 Å². The first-order valence-corrected chi connectivity index (χ1v) is 8.54. The molecule has 0 spiro atoms. The van der Waals surface area contributed by atoms with E-state index in [1.165, 1.54) is 18.6 Å². The van der Waals surface area contributed by atoms with Crippen molar-refractivity contribution in [3.63, 3.8) is 0 Å². The van der Waals surface area contributed by atoms with Crippen molar-refractivity contribution in [1.82, 2.24) is 4.90 Å². The number of benzene rings is 1. The maximum atomic E-state index is 12.7. The molecule has 2 heterocycles. The Morgan fingerprint density at radius 3 is 2.58 bits per heavy atom. The summed E-state index contributed by atoms with van der Waals surface area (Å²) in [6, 6.07) is 9.24. The third kappa shape index (κ3) is 3.54. The van der Waals surface area contributed by atoms with Gasteiger partial charge in [-0.25, -0.2) is 9.59 Å². The van der Waals surface area contributed by atoms with Gasteiger partial charge in [0, 0.05) is 19.2 Å². The van der Waals surface area contributed by atoms with Gasteiger partial charge in [-0.2, -0.15) is 0 Å². The van der Waals surface area contributed by atoms with Crippen LogP contribution in [-0.2, 0) is 22.5 Å². The summed E-state index contributed by atoms with van der Waals surface area (Å²) in [4.78, 5) is 38.2. The second kappa shape index (κ2) is 7.15. The van der Waals surface area contributed by atoms with Gasteiger partial charge >= 0.3 is 11.6 Å². The van der Waals surface area contributed by atoms with Gasteiger partial charge in [0.2, 0.25) is 0 Å². The largest absolute Gasteiger partial charge is 0.449 e. The molecule has 0 bridgehead atoms. The number of carbonyl (C=O) groups excluding carboxylic acids is 2. The highest BCUT2D eigenvalue weighted by molar-refractivity contribution is 5.94. The van der Waals surface area contributed by atoms with Crippen molar-refractivity contribution < 1.29 is 18.7 Å². The predicted molar refractivity (Wildman–Crippen MR) is 94.9 cm³/mol. The average molecular weight is 355 g/mol. The maximum absolute atomic E-state index is 12.7. The van der Waals surface area contributed by atoms with Gasteiger partial charge in [0.25, 0.3) is 5.91 Å². The summed E-state index contributed by atoms with van der Waals surface area (Å²) in [5.41, 5.74) is 2.49. The van der Waals surface area contributed by atoms with Crippen LogP contribution >= 0.6 is 0 Å². The predicted octanol–water partition coefficient (Wildman–Crippen LogP) is 2.39. The normalized spacial score (nSPS) is 14.5. The number of nitrogens with zero attached hydrogens (tertiary/aromatic N) is 1. The number of ether oxygens (including phenoxy) is 1. The highest BCUT2D eigenvalue weighted by Crippen LogP contribution is 2.20. The van der Waals surface area contributed by atoms with Crippen molar-refractivity contribution in [1.29, 1.82) is 0 Å². The summed E-state index contributed by atoms with van der Waals surface area (Å²) in [6.45, 7) is 5.82. The molecule has 3 rings (SSSR count). The molecule has 0 N–H and O–H groups in total. The molecule has 0 fully saturated rings. The van der Waals surface area contributed by atoms with Gasteiger partial charge in [-0.3, -0.25) is 4.79 Å². The summed E-state index contributed by atoms with van der Waals surface area (Å²) in [6.07, 6.45) is -0.136. The molecule has 2 aromatic rings. The Morgan fingerprint density at radius 2 is 1.88 bits per heavy atom. The van der Waals surface area contributed by atoms with Crippen LogP contribution in [0.5, 0.6) is 0 Å². The first kappa shape index (κ1) is 17.9. The van der Waals surface area contributed by atoms with Crippen LogP contribution in [0.15, 0.2) is 39.5 Å². The third-order valence-electron chi connectivity index (χ3n) is 4.61. The Hall–Kier alpha value is -2.89. The molecule has 6 heteroatoms. The Balaban J connectivity index is 1.70. The molecule has 1 unspecified atom stereocenters. The highest BCUT2D eigenvalue weighted by Gasteiger charge is 2.28. The Kier molecular flexibility index (Phi) is 4.93. The molecule has 6 nitrogen and oxygen atoms in total. The molecule has 0 saturated heterocycles. The van der Waals surface area contributed by atoms with Gasteiger partial charge in [0.1, 0.15) is 11.3 Å². The van der Waals surface area contributed by atoms with Gasteiger partial charge in [-0.1, -0.05) is 24.3 Å². The fourth-order valence-corrected chi connectivity index (χ4v) is 3.27. The number of fused-ring (bicyclic) bond motifs is 1. The molecule has 26 heavy (non-hydrogen) atoms. The summed E-state index contributed by atoms with van der Waals surface area (Å²) >= 11 is 0. The first-order chi connectivity index (χ1) is 12.4. The SMILES string of the molecule is Cc1cc(=O)oc(C)c1C(=O)OC(C)C(=O)N1CCc2ccccc2C1. The zero-order valence-corrected chi connectivity index (χ0v) is 15.1. The molecule has 1 aromatic carbocycles. The standard InChI is InChI=1S/C20H21NO5/c1-12-10-17(22)25-13(2)18(12)20(24)26-14(3)19(23)21-9-8-15-6-4-5-7-16(15)11-21/h4-7,10,14H,8-9,11H2,1-3H3. The van der Waals surface area contributed by atoms with Gasteiger partial charge in [0.05, 0.1) is 0 Å². The average Bonchev–Trinajstić information content (AvgIpc) is 2.59. The number of hydrogen-bond acceptors (Lipinski definition) is 5.